The van der Waals surface area contributed by atoms with Crippen LogP contribution in [0.4, 0.5) is 4.39 Å². The van der Waals surface area contributed by atoms with Crippen molar-refractivity contribution in [2.45, 2.75) is 26.4 Å². The van der Waals surface area contributed by atoms with Crippen molar-refractivity contribution >= 4 is 0 Å². The molecular formula is C12H17FO3. The summed E-state index contributed by atoms with van der Waals surface area (Å²) < 4.78 is 23.9. The van der Waals surface area contributed by atoms with Crippen LogP contribution in [0.2, 0.25) is 0 Å². The molecule has 0 aliphatic carbocycles. The lowest BCUT2D eigenvalue weighted by Crippen LogP contribution is -2.10. The van der Waals surface area contributed by atoms with E-state index >= 15 is 0 Å². The summed E-state index contributed by atoms with van der Waals surface area (Å²) in [5.74, 6) is 0.474. The summed E-state index contributed by atoms with van der Waals surface area (Å²) in [6.45, 7) is 3.71. The Bertz CT molecular complexity index is 350. The number of ether oxygens (including phenoxy) is 2. The van der Waals surface area contributed by atoms with Gasteiger partial charge in [-0.3, -0.25) is 0 Å². The second-order valence-electron chi connectivity index (χ2n) is 3.74. The lowest BCUT2D eigenvalue weighted by molar-refractivity contribution is 0.224. The summed E-state index contributed by atoms with van der Waals surface area (Å²) in [7, 11) is 1.46. The van der Waals surface area contributed by atoms with Gasteiger partial charge in [-0.1, -0.05) is 0 Å². The molecule has 16 heavy (non-hydrogen) atoms. The third-order valence-corrected chi connectivity index (χ3v) is 2.05. The maximum Gasteiger partial charge on any atom is 0.165 e. The fraction of sp³-hybridized carbons (Fsp3) is 0.500. The van der Waals surface area contributed by atoms with Crippen LogP contribution in [0.25, 0.3) is 0 Å². The number of hydrogen-bond acceptors (Lipinski definition) is 3. The summed E-state index contributed by atoms with van der Waals surface area (Å²) >= 11 is 0. The smallest absolute Gasteiger partial charge is 0.165 e. The van der Waals surface area contributed by atoms with Gasteiger partial charge in [0, 0.05) is 18.2 Å². The Morgan fingerprint density at radius 1 is 1.38 bits per heavy atom. The van der Waals surface area contributed by atoms with Crippen molar-refractivity contribution in [1.29, 1.82) is 0 Å². The van der Waals surface area contributed by atoms with Crippen molar-refractivity contribution in [3.05, 3.63) is 23.5 Å². The first kappa shape index (κ1) is 12.8. The van der Waals surface area contributed by atoms with Crippen molar-refractivity contribution in [2.24, 2.45) is 0 Å². The van der Waals surface area contributed by atoms with Crippen molar-refractivity contribution < 1.29 is 19.0 Å². The van der Waals surface area contributed by atoms with Gasteiger partial charge in [0.2, 0.25) is 0 Å². The van der Waals surface area contributed by atoms with Gasteiger partial charge >= 0.3 is 0 Å². The second kappa shape index (κ2) is 5.70. The molecule has 0 saturated carbocycles. The minimum Gasteiger partial charge on any atom is -0.493 e. The lowest BCUT2D eigenvalue weighted by atomic mass is 10.1. The number of hydrogen-bond donors (Lipinski definition) is 1. The Morgan fingerprint density at radius 2 is 2.06 bits per heavy atom. The van der Waals surface area contributed by atoms with Gasteiger partial charge < -0.3 is 14.6 Å². The highest BCUT2D eigenvalue weighted by Gasteiger charge is 2.14. The molecule has 3 nitrogen and oxygen atoms in total. The third-order valence-electron chi connectivity index (χ3n) is 2.05. The molecular weight excluding hydrogens is 211 g/mol. The first-order valence-corrected chi connectivity index (χ1v) is 5.22. The Morgan fingerprint density at radius 3 is 2.56 bits per heavy atom. The quantitative estimate of drug-likeness (QED) is 0.839. The van der Waals surface area contributed by atoms with E-state index in [4.69, 9.17) is 14.6 Å². The zero-order valence-electron chi connectivity index (χ0n) is 9.79. The van der Waals surface area contributed by atoms with E-state index in [2.05, 4.69) is 0 Å². The number of rotatable bonds is 5. The van der Waals surface area contributed by atoms with Gasteiger partial charge in [-0.05, 0) is 26.3 Å². The van der Waals surface area contributed by atoms with Crippen LogP contribution in [0.5, 0.6) is 11.5 Å². The van der Waals surface area contributed by atoms with Gasteiger partial charge in [0.15, 0.2) is 11.5 Å². The molecule has 0 saturated heterocycles. The minimum absolute atomic E-state index is 0.0307. The van der Waals surface area contributed by atoms with Crippen LogP contribution in [0.1, 0.15) is 19.4 Å². The van der Waals surface area contributed by atoms with Crippen molar-refractivity contribution in [3.63, 3.8) is 0 Å². The molecule has 0 spiro atoms. The molecule has 4 heteroatoms. The molecule has 1 aromatic rings. The molecule has 0 aliphatic rings. The normalized spacial score (nSPS) is 10.6. The Labute approximate surface area is 94.8 Å². The topological polar surface area (TPSA) is 38.7 Å². The van der Waals surface area contributed by atoms with E-state index in [9.17, 15) is 4.39 Å². The number of benzene rings is 1. The molecule has 0 atom stereocenters. The fourth-order valence-corrected chi connectivity index (χ4v) is 1.45. The average molecular weight is 228 g/mol. The standard InChI is InChI=1S/C12H17FO3/c1-8(2)16-12-9(4-5-14)6-10(13)7-11(12)15-3/h6-8,14H,4-5H2,1-3H3. The summed E-state index contributed by atoms with van der Waals surface area (Å²) in [6.07, 6.45) is 0.313. The van der Waals surface area contributed by atoms with E-state index in [1.807, 2.05) is 13.8 Å². The molecule has 1 rings (SSSR count). The predicted molar refractivity (Wildman–Crippen MR) is 59.5 cm³/mol. The summed E-state index contributed by atoms with van der Waals surface area (Å²) in [5.41, 5.74) is 0.619. The second-order valence-corrected chi connectivity index (χ2v) is 3.74. The zero-order valence-corrected chi connectivity index (χ0v) is 9.79. The molecule has 0 heterocycles. The van der Waals surface area contributed by atoms with Gasteiger partial charge in [-0.25, -0.2) is 4.39 Å². The highest BCUT2D eigenvalue weighted by Crippen LogP contribution is 2.33. The third kappa shape index (κ3) is 3.10. The first-order valence-electron chi connectivity index (χ1n) is 5.22. The number of halogens is 1. The monoisotopic (exact) mass is 228 g/mol. The van der Waals surface area contributed by atoms with E-state index in [0.29, 0.717) is 23.5 Å². The van der Waals surface area contributed by atoms with Gasteiger partial charge in [-0.15, -0.1) is 0 Å². The van der Waals surface area contributed by atoms with Gasteiger partial charge in [-0.2, -0.15) is 0 Å². The Hall–Kier alpha value is -1.29. The minimum atomic E-state index is -0.392. The molecule has 0 amide bonds. The van der Waals surface area contributed by atoms with Crippen LogP contribution < -0.4 is 9.47 Å². The Balaban J connectivity index is 3.15. The molecule has 0 radical (unpaired) electrons. The molecule has 0 fully saturated rings. The fourth-order valence-electron chi connectivity index (χ4n) is 1.45. The summed E-state index contributed by atoms with van der Waals surface area (Å²) in [6, 6.07) is 2.63. The van der Waals surface area contributed by atoms with Crippen molar-refractivity contribution in [2.75, 3.05) is 13.7 Å². The largest absolute Gasteiger partial charge is 0.493 e. The average Bonchev–Trinajstić information content (AvgIpc) is 2.21. The van der Waals surface area contributed by atoms with E-state index < -0.39 is 5.82 Å². The van der Waals surface area contributed by atoms with Crippen LogP contribution in [0.15, 0.2) is 12.1 Å². The van der Waals surface area contributed by atoms with Crippen LogP contribution >= 0.6 is 0 Å². The van der Waals surface area contributed by atoms with Gasteiger partial charge in [0.1, 0.15) is 5.82 Å². The van der Waals surface area contributed by atoms with E-state index in [0.717, 1.165) is 0 Å². The maximum atomic E-state index is 13.2. The van der Waals surface area contributed by atoms with Crippen LogP contribution in [-0.4, -0.2) is 24.9 Å². The molecule has 0 unspecified atom stereocenters. The van der Waals surface area contributed by atoms with E-state index in [-0.39, 0.29) is 12.7 Å². The van der Waals surface area contributed by atoms with Crippen LogP contribution in [0.3, 0.4) is 0 Å². The molecule has 1 N–H and O–H groups in total. The summed E-state index contributed by atoms with van der Waals surface area (Å²) in [5, 5.41) is 8.91. The molecule has 0 bridgehead atoms. The van der Waals surface area contributed by atoms with E-state index in [1.165, 1.54) is 19.2 Å². The summed E-state index contributed by atoms with van der Waals surface area (Å²) in [4.78, 5) is 0. The Kier molecular flexibility index (Phi) is 4.55. The van der Waals surface area contributed by atoms with E-state index in [1.54, 1.807) is 0 Å². The van der Waals surface area contributed by atoms with Gasteiger partial charge in [0.25, 0.3) is 0 Å². The molecule has 0 aromatic heterocycles. The van der Waals surface area contributed by atoms with Crippen LogP contribution in [-0.2, 0) is 6.42 Å². The van der Waals surface area contributed by atoms with Gasteiger partial charge in [0.05, 0.1) is 13.2 Å². The highest BCUT2D eigenvalue weighted by atomic mass is 19.1. The maximum absolute atomic E-state index is 13.2. The first-order chi connectivity index (χ1) is 7.58. The lowest BCUT2D eigenvalue weighted by Gasteiger charge is -2.17. The molecule has 1 aromatic carbocycles. The van der Waals surface area contributed by atoms with Crippen molar-refractivity contribution in [3.8, 4) is 11.5 Å². The highest BCUT2D eigenvalue weighted by molar-refractivity contribution is 5.47. The number of aliphatic hydroxyl groups is 1. The van der Waals surface area contributed by atoms with Crippen LogP contribution in [0, 0.1) is 5.82 Å². The molecule has 0 aliphatic heterocycles. The molecule has 90 valence electrons. The SMILES string of the molecule is COc1cc(F)cc(CCO)c1OC(C)C. The zero-order chi connectivity index (χ0) is 12.1. The number of methoxy groups -OCH3 is 1. The van der Waals surface area contributed by atoms with Crippen molar-refractivity contribution in [1.82, 2.24) is 0 Å². The number of aliphatic hydroxyl groups excluding tert-OH is 1. The predicted octanol–water partition coefficient (Wildman–Crippen LogP) is 2.16.